The van der Waals surface area contributed by atoms with Gasteiger partial charge < -0.3 is 34.7 Å². The molecular formula is C38H40N2O8. The van der Waals surface area contributed by atoms with Crippen molar-refractivity contribution in [2.24, 2.45) is 11.8 Å². The SMILES string of the molecule is COc1ccccc1NC(=O)C1C(=O)CC(C)(O)C(C(=O)Nc2ccccc2OC)C1c1ccc(OCc2ccccc2C)c(OC)c1. The molecule has 0 saturated heterocycles. The van der Waals surface area contributed by atoms with Crippen LogP contribution >= 0.6 is 0 Å². The summed E-state index contributed by atoms with van der Waals surface area (Å²) < 4.78 is 22.7. The first-order valence-electron chi connectivity index (χ1n) is 15.6. The van der Waals surface area contributed by atoms with Crippen LogP contribution in [0.3, 0.4) is 0 Å². The molecule has 4 unspecified atom stereocenters. The summed E-state index contributed by atoms with van der Waals surface area (Å²) in [5.74, 6) is -3.87. The van der Waals surface area contributed by atoms with Crippen molar-refractivity contribution in [3.63, 3.8) is 0 Å². The molecule has 0 aliphatic heterocycles. The van der Waals surface area contributed by atoms with E-state index in [1.165, 1.54) is 28.3 Å². The Morgan fingerprint density at radius 2 is 1.33 bits per heavy atom. The number of amides is 2. The van der Waals surface area contributed by atoms with E-state index in [0.29, 0.717) is 39.9 Å². The van der Waals surface area contributed by atoms with Gasteiger partial charge in [0.05, 0.1) is 44.2 Å². The van der Waals surface area contributed by atoms with Crippen molar-refractivity contribution >= 4 is 29.0 Å². The monoisotopic (exact) mass is 652 g/mol. The predicted molar refractivity (Wildman–Crippen MR) is 182 cm³/mol. The van der Waals surface area contributed by atoms with Gasteiger partial charge in [0.25, 0.3) is 0 Å². The largest absolute Gasteiger partial charge is 0.495 e. The summed E-state index contributed by atoms with van der Waals surface area (Å²) in [5.41, 5.74) is 1.43. The Morgan fingerprint density at radius 3 is 1.94 bits per heavy atom. The normalized spacial score (nSPS) is 20.4. The molecule has 1 aliphatic rings. The van der Waals surface area contributed by atoms with E-state index in [0.717, 1.165) is 11.1 Å². The number of ketones is 1. The molecule has 0 bridgehead atoms. The molecular weight excluding hydrogens is 612 g/mol. The Labute approximate surface area is 280 Å². The second-order valence-electron chi connectivity index (χ2n) is 12.0. The van der Waals surface area contributed by atoms with Crippen LogP contribution < -0.4 is 29.6 Å². The maximum atomic E-state index is 14.2. The number of para-hydroxylation sites is 4. The van der Waals surface area contributed by atoms with Crippen molar-refractivity contribution in [1.82, 2.24) is 0 Å². The van der Waals surface area contributed by atoms with Crippen LogP contribution in [0.4, 0.5) is 11.4 Å². The van der Waals surface area contributed by atoms with Gasteiger partial charge in [-0.2, -0.15) is 0 Å². The van der Waals surface area contributed by atoms with Crippen LogP contribution in [0.5, 0.6) is 23.0 Å². The Balaban J connectivity index is 1.58. The van der Waals surface area contributed by atoms with E-state index in [4.69, 9.17) is 18.9 Å². The van der Waals surface area contributed by atoms with Crippen molar-refractivity contribution < 1.29 is 38.4 Å². The number of carbonyl (C=O) groups is 3. The van der Waals surface area contributed by atoms with Gasteiger partial charge in [-0.1, -0.05) is 54.6 Å². The first-order valence-corrected chi connectivity index (χ1v) is 15.6. The van der Waals surface area contributed by atoms with Crippen LogP contribution in [0.1, 0.15) is 36.0 Å². The number of anilines is 2. The van der Waals surface area contributed by atoms with Crippen molar-refractivity contribution in [2.45, 2.75) is 38.4 Å². The van der Waals surface area contributed by atoms with Gasteiger partial charge in [0.15, 0.2) is 11.5 Å². The van der Waals surface area contributed by atoms with Gasteiger partial charge in [-0.15, -0.1) is 0 Å². The Morgan fingerprint density at radius 1 is 0.771 bits per heavy atom. The van der Waals surface area contributed by atoms with Gasteiger partial charge in [-0.3, -0.25) is 14.4 Å². The number of hydrogen-bond donors (Lipinski definition) is 3. The highest BCUT2D eigenvalue weighted by atomic mass is 16.5. The summed E-state index contributed by atoms with van der Waals surface area (Å²) >= 11 is 0. The predicted octanol–water partition coefficient (Wildman–Crippen LogP) is 5.92. The number of hydrogen-bond acceptors (Lipinski definition) is 8. The van der Waals surface area contributed by atoms with E-state index >= 15 is 0 Å². The Hall–Kier alpha value is -5.35. The van der Waals surface area contributed by atoms with Crippen LogP contribution in [0, 0.1) is 18.8 Å². The Bertz CT molecular complexity index is 1800. The van der Waals surface area contributed by atoms with Crippen LogP contribution in [0.25, 0.3) is 0 Å². The third-order valence-corrected chi connectivity index (χ3v) is 8.78. The van der Waals surface area contributed by atoms with E-state index in [1.54, 1.807) is 66.7 Å². The molecule has 4 atom stereocenters. The molecule has 1 saturated carbocycles. The third-order valence-electron chi connectivity index (χ3n) is 8.78. The second kappa shape index (κ2) is 14.6. The first-order chi connectivity index (χ1) is 23.1. The molecule has 10 heteroatoms. The first kappa shape index (κ1) is 34.0. The summed E-state index contributed by atoms with van der Waals surface area (Å²) in [5, 5.41) is 17.5. The Kier molecular flexibility index (Phi) is 10.3. The molecule has 48 heavy (non-hydrogen) atoms. The number of aliphatic hydroxyl groups is 1. The molecule has 5 rings (SSSR count). The number of carbonyl (C=O) groups excluding carboxylic acids is 3. The maximum Gasteiger partial charge on any atom is 0.235 e. The fourth-order valence-electron chi connectivity index (χ4n) is 6.35. The molecule has 10 nitrogen and oxygen atoms in total. The van der Waals surface area contributed by atoms with E-state index < -0.39 is 47.4 Å². The molecule has 4 aromatic rings. The number of benzene rings is 4. The van der Waals surface area contributed by atoms with Gasteiger partial charge >= 0.3 is 0 Å². The number of rotatable bonds is 11. The molecule has 4 aromatic carbocycles. The van der Waals surface area contributed by atoms with Crippen LogP contribution in [-0.2, 0) is 21.0 Å². The number of ether oxygens (including phenoxy) is 4. The highest BCUT2D eigenvalue weighted by Crippen LogP contribution is 2.48. The van der Waals surface area contributed by atoms with Crippen LogP contribution in [-0.4, -0.2) is 49.6 Å². The lowest BCUT2D eigenvalue weighted by Crippen LogP contribution is -2.56. The minimum Gasteiger partial charge on any atom is -0.495 e. The van der Waals surface area contributed by atoms with Crippen LogP contribution in [0.15, 0.2) is 91.0 Å². The molecule has 0 spiro atoms. The summed E-state index contributed by atoms with van der Waals surface area (Å²) in [4.78, 5) is 42.2. The number of nitrogens with one attached hydrogen (secondary N) is 2. The summed E-state index contributed by atoms with van der Waals surface area (Å²) in [6.07, 6.45) is -0.424. The van der Waals surface area contributed by atoms with Gasteiger partial charge in [0, 0.05) is 12.3 Å². The molecule has 250 valence electrons. The molecule has 3 N–H and O–H groups in total. The van der Waals surface area contributed by atoms with E-state index in [2.05, 4.69) is 10.6 Å². The standard InChI is InChI=1S/C38H40N2O8/c1-23-12-6-7-13-25(23)22-48-31-19-18-24(20-32(31)47-5)33-34(36(42)39-26-14-8-10-16-29(26)45-3)28(41)21-38(2,44)35(33)37(43)40-27-15-9-11-17-30(27)46-4/h6-20,33-35,44H,21-22H2,1-5H3,(H,39,42)(H,40,43). The minimum absolute atomic E-state index is 0.285. The lowest BCUT2D eigenvalue weighted by atomic mass is 9.61. The fourth-order valence-corrected chi connectivity index (χ4v) is 6.35. The fraction of sp³-hybridized carbons (Fsp3) is 0.289. The number of aryl methyl sites for hydroxylation is 1. The van der Waals surface area contributed by atoms with Crippen molar-refractivity contribution in [3.05, 3.63) is 108 Å². The van der Waals surface area contributed by atoms with Crippen LogP contribution in [0.2, 0.25) is 0 Å². The highest BCUT2D eigenvalue weighted by Gasteiger charge is 2.56. The molecule has 1 fully saturated rings. The zero-order valence-corrected chi connectivity index (χ0v) is 27.6. The van der Waals surface area contributed by atoms with E-state index in [-0.39, 0.29) is 6.61 Å². The zero-order chi connectivity index (χ0) is 34.4. The second-order valence-corrected chi connectivity index (χ2v) is 12.0. The molecule has 0 heterocycles. The lowest BCUT2D eigenvalue weighted by molar-refractivity contribution is -0.150. The third kappa shape index (κ3) is 7.13. The van der Waals surface area contributed by atoms with Gasteiger partial charge in [0.2, 0.25) is 11.8 Å². The van der Waals surface area contributed by atoms with Crippen molar-refractivity contribution in [1.29, 1.82) is 0 Å². The summed E-state index contributed by atoms with van der Waals surface area (Å²) in [6, 6.07) is 26.6. The van der Waals surface area contributed by atoms with Gasteiger partial charge in [-0.05, 0) is 66.9 Å². The average molecular weight is 653 g/mol. The summed E-state index contributed by atoms with van der Waals surface area (Å²) in [7, 11) is 4.44. The van der Waals surface area contributed by atoms with E-state index in [9.17, 15) is 19.5 Å². The summed E-state index contributed by atoms with van der Waals surface area (Å²) in [6.45, 7) is 3.72. The topological polar surface area (TPSA) is 132 Å². The maximum absolute atomic E-state index is 14.2. The molecule has 2 amide bonds. The molecule has 0 radical (unpaired) electrons. The van der Waals surface area contributed by atoms with Crippen molar-refractivity contribution in [3.8, 4) is 23.0 Å². The highest BCUT2D eigenvalue weighted by molar-refractivity contribution is 6.11. The average Bonchev–Trinajstić information content (AvgIpc) is 3.07. The lowest BCUT2D eigenvalue weighted by Gasteiger charge is -2.44. The van der Waals surface area contributed by atoms with Crippen molar-refractivity contribution in [2.75, 3.05) is 32.0 Å². The zero-order valence-electron chi connectivity index (χ0n) is 27.6. The van der Waals surface area contributed by atoms with Gasteiger partial charge in [0.1, 0.15) is 29.8 Å². The van der Waals surface area contributed by atoms with E-state index in [1.807, 2.05) is 31.2 Å². The minimum atomic E-state index is -1.82. The van der Waals surface area contributed by atoms with Gasteiger partial charge in [-0.25, -0.2) is 0 Å². The smallest absolute Gasteiger partial charge is 0.235 e. The molecule has 1 aliphatic carbocycles. The quantitative estimate of drug-likeness (QED) is 0.170. The molecule has 0 aromatic heterocycles. The number of methoxy groups -OCH3 is 3. The number of Topliss-reactive ketones (excluding diaryl/α,β-unsaturated/α-hetero) is 1.